The minimum atomic E-state index is -0.819. The molecule has 0 aliphatic carbocycles. The van der Waals surface area contributed by atoms with Crippen molar-refractivity contribution in [1.82, 2.24) is 4.57 Å². The summed E-state index contributed by atoms with van der Waals surface area (Å²) in [6.07, 6.45) is 8.37. The number of hydrogen-bond acceptors (Lipinski definition) is 3. The van der Waals surface area contributed by atoms with Gasteiger partial charge in [-0.1, -0.05) is 69.3 Å². The Hall–Kier alpha value is -4.12. The quantitative estimate of drug-likeness (QED) is 0.142. The van der Waals surface area contributed by atoms with Crippen LogP contribution in [-0.4, -0.2) is 21.4 Å². The number of rotatable bonds is 13. The molecule has 0 fully saturated rings. The van der Waals surface area contributed by atoms with Gasteiger partial charge in [0, 0.05) is 41.2 Å². The lowest BCUT2D eigenvalue weighted by atomic mass is 10.00. The van der Waals surface area contributed by atoms with Gasteiger partial charge in [-0.2, -0.15) is 0 Å². The van der Waals surface area contributed by atoms with Gasteiger partial charge >= 0.3 is 5.97 Å². The van der Waals surface area contributed by atoms with Crippen molar-refractivity contribution in [2.24, 2.45) is 5.92 Å². The van der Waals surface area contributed by atoms with Crippen LogP contribution in [0.25, 0.3) is 10.9 Å². The Morgan fingerprint density at radius 3 is 2.36 bits per heavy atom. The number of nitrogens with zero attached hydrogens (tertiary/aromatic N) is 1. The third-order valence-corrected chi connectivity index (χ3v) is 6.70. The molecule has 1 aromatic heterocycles. The molecule has 39 heavy (non-hydrogen) atoms. The van der Waals surface area contributed by atoms with Gasteiger partial charge in [-0.05, 0) is 72.7 Å². The zero-order valence-corrected chi connectivity index (χ0v) is 23.0. The van der Waals surface area contributed by atoms with Crippen LogP contribution in [-0.2, 0) is 17.8 Å². The number of carboxylic acid groups (broad SMARTS) is 1. The number of allylic oxidation sites excluding steroid dienone is 1. The Balaban J connectivity index is 1.52. The largest absolute Gasteiger partial charge is 0.482 e. The number of carbonyl (C=O) groups is 2. The summed E-state index contributed by atoms with van der Waals surface area (Å²) in [5, 5.41) is 9.86. The lowest BCUT2D eigenvalue weighted by Crippen LogP contribution is -2.06. The van der Waals surface area contributed by atoms with Crippen molar-refractivity contribution in [3.8, 4) is 5.75 Å². The van der Waals surface area contributed by atoms with Crippen LogP contribution < -0.4 is 4.74 Å². The number of para-hydroxylation sites is 1. The number of ether oxygens (including phenoxy) is 1. The maximum absolute atomic E-state index is 13.5. The summed E-state index contributed by atoms with van der Waals surface area (Å²) in [7, 11) is 0. The lowest BCUT2D eigenvalue weighted by molar-refractivity contribution is -0.137. The number of hydrogen-bond donors (Lipinski definition) is 1. The van der Waals surface area contributed by atoms with Crippen LogP contribution in [0.4, 0.5) is 0 Å². The highest BCUT2D eigenvalue weighted by atomic mass is 16.5. The molecule has 0 aliphatic heterocycles. The van der Waals surface area contributed by atoms with Crippen molar-refractivity contribution in [2.45, 2.75) is 59.1 Å². The number of ketones is 1. The van der Waals surface area contributed by atoms with Gasteiger partial charge in [0.15, 0.2) is 5.78 Å². The van der Waals surface area contributed by atoms with Gasteiger partial charge in [-0.15, -0.1) is 0 Å². The molecule has 1 atom stereocenters. The summed E-state index contributed by atoms with van der Waals surface area (Å²) < 4.78 is 8.32. The Morgan fingerprint density at radius 2 is 1.69 bits per heavy atom. The Labute approximate surface area is 230 Å². The van der Waals surface area contributed by atoms with Crippen LogP contribution in [0.2, 0.25) is 0 Å². The molecule has 5 heteroatoms. The number of fused-ring (bicyclic) bond motifs is 1. The van der Waals surface area contributed by atoms with Crippen LogP contribution in [0.3, 0.4) is 0 Å². The van der Waals surface area contributed by atoms with Crippen molar-refractivity contribution >= 4 is 22.7 Å². The van der Waals surface area contributed by atoms with Gasteiger partial charge in [0.25, 0.3) is 0 Å². The topological polar surface area (TPSA) is 68.5 Å². The molecule has 4 rings (SSSR count). The maximum Gasteiger partial charge on any atom is 0.303 e. The summed E-state index contributed by atoms with van der Waals surface area (Å²) in [6, 6.07) is 23.7. The molecule has 0 saturated carbocycles. The normalized spacial score (nSPS) is 12.3. The third-order valence-electron chi connectivity index (χ3n) is 6.70. The van der Waals surface area contributed by atoms with E-state index >= 15 is 0 Å². The molecule has 3 aromatic carbocycles. The molecule has 0 saturated heterocycles. The Bertz CT molecular complexity index is 1430. The zero-order valence-electron chi connectivity index (χ0n) is 23.0. The monoisotopic (exact) mass is 523 g/mol. The molecule has 1 unspecified atom stereocenters. The van der Waals surface area contributed by atoms with Crippen LogP contribution in [0.1, 0.15) is 73.2 Å². The molecular formula is C34H37NO4. The summed E-state index contributed by atoms with van der Waals surface area (Å²) in [6.45, 7) is 7.08. The van der Waals surface area contributed by atoms with Gasteiger partial charge < -0.3 is 14.4 Å². The molecule has 4 aromatic rings. The summed E-state index contributed by atoms with van der Waals surface area (Å²) in [4.78, 5) is 24.4. The van der Waals surface area contributed by atoms with Gasteiger partial charge in [0.1, 0.15) is 11.9 Å². The molecular weight excluding hydrogens is 486 g/mol. The lowest BCUT2D eigenvalue weighted by Gasteiger charge is -2.17. The first kappa shape index (κ1) is 27.9. The average molecular weight is 524 g/mol. The Morgan fingerprint density at radius 1 is 0.974 bits per heavy atom. The fourth-order valence-corrected chi connectivity index (χ4v) is 4.79. The smallest absolute Gasteiger partial charge is 0.303 e. The standard InChI is InChI=1S/C34H37NO4/c1-4-5-11-32(26-15-13-25(14-16-26)22-24(2)3)39-28-19-17-27(18-20-28)34(38)30-23-35(21-8-12-33(36)37)31-10-7-6-9-29(30)31/h5-7,9-11,13-20,23-24,32H,4,8,12,21-22H2,1-3H3,(H,36,37)/b11-5+. The van der Waals surface area contributed by atoms with Crippen molar-refractivity contribution in [1.29, 1.82) is 0 Å². The van der Waals surface area contributed by atoms with Crippen LogP contribution >= 0.6 is 0 Å². The molecule has 202 valence electrons. The van der Waals surface area contributed by atoms with Crippen LogP contribution in [0.5, 0.6) is 5.75 Å². The Kier molecular flexibility index (Phi) is 9.37. The number of aliphatic carboxylic acids is 1. The van der Waals surface area contributed by atoms with Crippen molar-refractivity contribution in [3.05, 3.63) is 113 Å². The number of benzene rings is 3. The molecule has 0 bridgehead atoms. The van der Waals surface area contributed by atoms with Gasteiger partial charge in [-0.25, -0.2) is 0 Å². The fourth-order valence-electron chi connectivity index (χ4n) is 4.79. The third kappa shape index (κ3) is 7.26. The molecule has 1 heterocycles. The van der Waals surface area contributed by atoms with E-state index in [0.717, 1.165) is 29.3 Å². The molecule has 0 amide bonds. The second kappa shape index (κ2) is 13.1. The van der Waals surface area contributed by atoms with E-state index < -0.39 is 5.97 Å². The van der Waals surface area contributed by atoms with E-state index in [-0.39, 0.29) is 18.3 Å². The minimum Gasteiger partial charge on any atom is -0.482 e. The van der Waals surface area contributed by atoms with Crippen molar-refractivity contribution < 1.29 is 19.4 Å². The molecule has 0 radical (unpaired) electrons. The van der Waals surface area contributed by atoms with E-state index in [0.29, 0.717) is 35.8 Å². The number of aromatic nitrogens is 1. The van der Waals surface area contributed by atoms with E-state index in [1.165, 1.54) is 5.56 Å². The van der Waals surface area contributed by atoms with E-state index in [9.17, 15) is 9.59 Å². The highest BCUT2D eigenvalue weighted by Gasteiger charge is 2.18. The first-order valence-electron chi connectivity index (χ1n) is 13.7. The second-order valence-electron chi connectivity index (χ2n) is 10.3. The SMILES string of the molecule is CC/C=C/C(Oc1ccc(C(=O)c2cn(CCCC(=O)O)c3ccccc23)cc1)c1ccc(CC(C)C)cc1. The summed E-state index contributed by atoms with van der Waals surface area (Å²) >= 11 is 0. The summed E-state index contributed by atoms with van der Waals surface area (Å²) in [5.41, 5.74) is 4.52. The second-order valence-corrected chi connectivity index (χ2v) is 10.3. The van der Waals surface area contributed by atoms with Crippen molar-refractivity contribution in [2.75, 3.05) is 0 Å². The highest BCUT2D eigenvalue weighted by molar-refractivity contribution is 6.16. The van der Waals surface area contributed by atoms with E-state index in [1.54, 1.807) is 12.1 Å². The van der Waals surface area contributed by atoms with Crippen molar-refractivity contribution in [3.63, 3.8) is 0 Å². The first-order chi connectivity index (χ1) is 18.9. The van der Waals surface area contributed by atoms with Gasteiger partial charge in [0.2, 0.25) is 0 Å². The molecule has 5 nitrogen and oxygen atoms in total. The maximum atomic E-state index is 13.5. The number of carbonyl (C=O) groups excluding carboxylic acids is 1. The van der Waals surface area contributed by atoms with E-state index in [4.69, 9.17) is 9.84 Å². The highest BCUT2D eigenvalue weighted by Crippen LogP contribution is 2.28. The van der Waals surface area contributed by atoms with Gasteiger partial charge in [-0.3, -0.25) is 9.59 Å². The number of aryl methyl sites for hydroxylation is 1. The minimum absolute atomic E-state index is 0.0714. The molecule has 0 spiro atoms. The predicted octanol–water partition coefficient (Wildman–Crippen LogP) is 8.02. The van der Waals surface area contributed by atoms with Crippen LogP contribution in [0, 0.1) is 5.92 Å². The first-order valence-corrected chi connectivity index (χ1v) is 13.7. The van der Waals surface area contributed by atoms with Gasteiger partial charge in [0.05, 0.1) is 0 Å². The van der Waals surface area contributed by atoms with E-state index in [1.807, 2.05) is 47.2 Å². The number of carboxylic acids is 1. The molecule has 0 aliphatic rings. The molecule has 1 N–H and O–H groups in total. The van der Waals surface area contributed by atoms with E-state index in [2.05, 4.69) is 57.2 Å². The summed E-state index contributed by atoms with van der Waals surface area (Å²) in [5.74, 6) is 0.413. The van der Waals surface area contributed by atoms with Crippen LogP contribution in [0.15, 0.2) is 91.1 Å². The fraction of sp³-hybridized carbons (Fsp3) is 0.294. The average Bonchev–Trinajstić information content (AvgIpc) is 3.29. The predicted molar refractivity (Wildman–Crippen MR) is 156 cm³/mol. The zero-order chi connectivity index (χ0) is 27.8.